The highest BCUT2D eigenvalue weighted by molar-refractivity contribution is 7.21. The predicted octanol–water partition coefficient (Wildman–Crippen LogP) is 5.80. The number of carbonyl (C=O) groups is 2. The van der Waals surface area contributed by atoms with Crippen molar-refractivity contribution >= 4 is 50.4 Å². The van der Waals surface area contributed by atoms with Gasteiger partial charge in [-0.05, 0) is 60.0 Å². The Kier molecular flexibility index (Phi) is 5.53. The van der Waals surface area contributed by atoms with Crippen molar-refractivity contribution < 1.29 is 14.0 Å². The number of nitrogens with zero attached hydrogens (tertiary/aromatic N) is 1. The Morgan fingerprint density at radius 3 is 2.53 bits per heavy atom. The molecular weight excluding hydrogens is 442 g/mol. The standard InChI is InChI=1S/C24H17N3O3S2/c28-22(15-7-9-16(10-8-15)26-23(29)21-6-3-13-31-21)25-14-17-11-12-19(30-17)24-27-18-4-1-2-5-20(18)32-24/h1-13H,14H2,(H,25,28)(H,26,29). The first-order chi connectivity index (χ1) is 15.7. The predicted molar refractivity (Wildman–Crippen MR) is 127 cm³/mol. The van der Waals surface area contributed by atoms with Crippen LogP contribution >= 0.6 is 22.7 Å². The summed E-state index contributed by atoms with van der Waals surface area (Å²) in [6, 6.07) is 22.0. The van der Waals surface area contributed by atoms with E-state index in [-0.39, 0.29) is 18.4 Å². The molecule has 0 fully saturated rings. The van der Waals surface area contributed by atoms with E-state index in [0.29, 0.717) is 27.6 Å². The highest BCUT2D eigenvalue weighted by atomic mass is 32.1. The second-order valence-corrected chi connectivity index (χ2v) is 8.92. The van der Waals surface area contributed by atoms with Gasteiger partial charge < -0.3 is 15.1 Å². The van der Waals surface area contributed by atoms with Crippen LogP contribution in [-0.4, -0.2) is 16.8 Å². The van der Waals surface area contributed by atoms with Crippen LogP contribution in [0.15, 0.2) is 82.6 Å². The van der Waals surface area contributed by atoms with E-state index in [9.17, 15) is 9.59 Å². The number of thiophene rings is 1. The van der Waals surface area contributed by atoms with Gasteiger partial charge in [0.15, 0.2) is 10.8 Å². The lowest BCUT2D eigenvalue weighted by Crippen LogP contribution is -2.22. The third-order valence-electron chi connectivity index (χ3n) is 4.74. The summed E-state index contributed by atoms with van der Waals surface area (Å²) in [6.45, 7) is 0.264. The Morgan fingerprint density at radius 2 is 1.75 bits per heavy atom. The van der Waals surface area contributed by atoms with Gasteiger partial charge in [0.25, 0.3) is 11.8 Å². The highest BCUT2D eigenvalue weighted by Gasteiger charge is 2.12. The number of benzene rings is 2. The fraction of sp³-hybridized carbons (Fsp3) is 0.0417. The van der Waals surface area contributed by atoms with E-state index >= 15 is 0 Å². The largest absolute Gasteiger partial charge is 0.457 e. The van der Waals surface area contributed by atoms with Crippen LogP contribution < -0.4 is 10.6 Å². The van der Waals surface area contributed by atoms with Gasteiger partial charge in [-0.25, -0.2) is 4.98 Å². The van der Waals surface area contributed by atoms with Crippen molar-refractivity contribution in [1.82, 2.24) is 10.3 Å². The molecule has 0 saturated carbocycles. The second kappa shape index (κ2) is 8.78. The van der Waals surface area contributed by atoms with Gasteiger partial charge in [0.05, 0.1) is 21.6 Å². The lowest BCUT2D eigenvalue weighted by Gasteiger charge is -2.06. The van der Waals surface area contributed by atoms with Gasteiger partial charge in [0, 0.05) is 11.3 Å². The van der Waals surface area contributed by atoms with Crippen LogP contribution in [0.5, 0.6) is 0 Å². The molecule has 0 spiro atoms. The number of amides is 2. The van der Waals surface area contributed by atoms with Crippen LogP contribution in [0.2, 0.25) is 0 Å². The van der Waals surface area contributed by atoms with Crippen molar-refractivity contribution in [3.63, 3.8) is 0 Å². The van der Waals surface area contributed by atoms with Gasteiger partial charge >= 0.3 is 0 Å². The SMILES string of the molecule is O=C(NCc1ccc(-c2nc3ccccc3s2)o1)c1ccc(NC(=O)c2cccs2)cc1. The minimum Gasteiger partial charge on any atom is -0.457 e. The van der Waals surface area contributed by atoms with Crippen molar-refractivity contribution in [2.24, 2.45) is 0 Å². The number of anilines is 1. The summed E-state index contributed by atoms with van der Waals surface area (Å²) in [6.07, 6.45) is 0. The number of hydrogen-bond donors (Lipinski definition) is 2. The number of carbonyl (C=O) groups excluding carboxylic acids is 2. The van der Waals surface area contributed by atoms with E-state index in [1.165, 1.54) is 11.3 Å². The minimum atomic E-state index is -0.223. The first-order valence-corrected chi connectivity index (χ1v) is 11.5. The van der Waals surface area contributed by atoms with Crippen molar-refractivity contribution in [3.8, 4) is 10.8 Å². The first kappa shape index (κ1) is 20.2. The Balaban J connectivity index is 1.19. The third kappa shape index (κ3) is 4.32. The molecule has 158 valence electrons. The van der Waals surface area contributed by atoms with Crippen molar-refractivity contribution in [3.05, 3.63) is 94.4 Å². The molecule has 0 unspecified atom stereocenters. The molecule has 0 atom stereocenters. The van der Waals surface area contributed by atoms with Crippen LogP contribution in [0.4, 0.5) is 5.69 Å². The number of thiazole rings is 1. The van der Waals surface area contributed by atoms with Gasteiger partial charge in [0.1, 0.15) is 5.76 Å². The maximum absolute atomic E-state index is 12.5. The molecule has 2 aromatic carbocycles. The molecule has 2 amide bonds. The summed E-state index contributed by atoms with van der Waals surface area (Å²) in [5.74, 6) is 0.937. The van der Waals surface area contributed by atoms with E-state index in [4.69, 9.17) is 4.42 Å². The Bertz CT molecular complexity index is 1350. The topological polar surface area (TPSA) is 84.2 Å². The number of nitrogens with one attached hydrogen (secondary N) is 2. The van der Waals surface area contributed by atoms with Crippen molar-refractivity contribution in [2.45, 2.75) is 6.54 Å². The van der Waals surface area contributed by atoms with Gasteiger partial charge in [-0.3, -0.25) is 9.59 Å². The van der Waals surface area contributed by atoms with Crippen molar-refractivity contribution in [1.29, 1.82) is 0 Å². The van der Waals surface area contributed by atoms with Gasteiger partial charge in [-0.1, -0.05) is 18.2 Å². The fourth-order valence-corrected chi connectivity index (χ4v) is 4.69. The quantitative estimate of drug-likeness (QED) is 0.336. The molecular formula is C24H17N3O3S2. The zero-order chi connectivity index (χ0) is 21.9. The van der Waals surface area contributed by atoms with Crippen molar-refractivity contribution in [2.75, 3.05) is 5.32 Å². The maximum Gasteiger partial charge on any atom is 0.265 e. The number of rotatable bonds is 6. The lowest BCUT2D eigenvalue weighted by molar-refractivity contribution is 0.0947. The Morgan fingerprint density at radius 1 is 0.906 bits per heavy atom. The van der Waals surface area contributed by atoms with Crippen LogP contribution in [0.3, 0.4) is 0 Å². The van der Waals surface area contributed by atoms with Crippen LogP contribution in [-0.2, 0) is 6.54 Å². The number of furan rings is 1. The second-order valence-electron chi connectivity index (χ2n) is 6.94. The molecule has 0 saturated heterocycles. The molecule has 2 N–H and O–H groups in total. The number of para-hydroxylation sites is 1. The smallest absolute Gasteiger partial charge is 0.265 e. The molecule has 3 aromatic heterocycles. The molecule has 0 aliphatic heterocycles. The molecule has 0 radical (unpaired) electrons. The van der Waals surface area contributed by atoms with Crippen LogP contribution in [0.25, 0.3) is 21.0 Å². The number of hydrogen-bond acceptors (Lipinski definition) is 6. The monoisotopic (exact) mass is 459 g/mol. The molecule has 8 heteroatoms. The lowest BCUT2D eigenvalue weighted by atomic mass is 10.2. The summed E-state index contributed by atoms with van der Waals surface area (Å²) in [7, 11) is 0. The molecule has 5 rings (SSSR count). The number of aromatic nitrogens is 1. The molecule has 5 aromatic rings. The van der Waals surface area contributed by atoms with E-state index < -0.39 is 0 Å². The summed E-state index contributed by atoms with van der Waals surface area (Å²) in [5.41, 5.74) is 2.07. The van der Waals surface area contributed by atoms with E-state index in [1.54, 1.807) is 41.7 Å². The number of fused-ring (bicyclic) bond motifs is 1. The maximum atomic E-state index is 12.5. The van der Waals surface area contributed by atoms with E-state index in [0.717, 1.165) is 15.2 Å². The summed E-state index contributed by atoms with van der Waals surface area (Å²) < 4.78 is 6.97. The Labute approximate surface area is 191 Å². The first-order valence-electron chi connectivity index (χ1n) is 9.83. The average Bonchev–Trinajstić information content (AvgIpc) is 3.58. The van der Waals surface area contributed by atoms with E-state index in [1.807, 2.05) is 47.8 Å². The third-order valence-corrected chi connectivity index (χ3v) is 6.66. The normalized spacial score (nSPS) is 10.9. The Hall–Kier alpha value is -3.75. The summed E-state index contributed by atoms with van der Waals surface area (Å²) >= 11 is 2.94. The van der Waals surface area contributed by atoms with E-state index in [2.05, 4.69) is 15.6 Å². The molecule has 0 bridgehead atoms. The summed E-state index contributed by atoms with van der Waals surface area (Å²) in [5, 5.41) is 8.33. The van der Waals surface area contributed by atoms with Gasteiger partial charge in [-0.15, -0.1) is 22.7 Å². The molecule has 32 heavy (non-hydrogen) atoms. The molecule has 3 heterocycles. The highest BCUT2D eigenvalue weighted by Crippen LogP contribution is 2.31. The van der Waals surface area contributed by atoms with Gasteiger partial charge in [0.2, 0.25) is 0 Å². The summed E-state index contributed by atoms with van der Waals surface area (Å²) in [4.78, 5) is 29.8. The molecule has 6 nitrogen and oxygen atoms in total. The minimum absolute atomic E-state index is 0.168. The zero-order valence-electron chi connectivity index (χ0n) is 16.7. The zero-order valence-corrected chi connectivity index (χ0v) is 18.3. The average molecular weight is 460 g/mol. The molecule has 0 aliphatic carbocycles. The van der Waals surface area contributed by atoms with Crippen LogP contribution in [0, 0.1) is 0 Å². The molecule has 0 aliphatic rings. The van der Waals surface area contributed by atoms with Gasteiger partial charge in [-0.2, -0.15) is 0 Å². The fourth-order valence-electron chi connectivity index (χ4n) is 3.14. The van der Waals surface area contributed by atoms with Crippen LogP contribution in [0.1, 0.15) is 25.8 Å².